The molecule has 1 amide bonds. The lowest BCUT2D eigenvalue weighted by Crippen LogP contribution is -2.27. The molecule has 1 aliphatic rings. The van der Waals surface area contributed by atoms with Gasteiger partial charge in [0, 0.05) is 17.9 Å². The van der Waals surface area contributed by atoms with E-state index in [0.29, 0.717) is 13.1 Å². The lowest BCUT2D eigenvalue weighted by molar-refractivity contribution is -0.121. The van der Waals surface area contributed by atoms with Gasteiger partial charge in [0.05, 0.1) is 0 Å². The van der Waals surface area contributed by atoms with Crippen LogP contribution in [0.2, 0.25) is 0 Å². The Balaban J connectivity index is 1.59. The van der Waals surface area contributed by atoms with Crippen molar-refractivity contribution < 1.29 is 14.3 Å². The van der Waals surface area contributed by atoms with Crippen LogP contribution in [-0.2, 0) is 17.9 Å². The van der Waals surface area contributed by atoms with Gasteiger partial charge in [-0.3, -0.25) is 4.79 Å². The van der Waals surface area contributed by atoms with E-state index in [0.717, 1.165) is 28.5 Å². The van der Waals surface area contributed by atoms with Gasteiger partial charge in [-0.15, -0.1) is 0 Å². The summed E-state index contributed by atoms with van der Waals surface area (Å²) >= 11 is 0. The van der Waals surface area contributed by atoms with Crippen molar-refractivity contribution >= 4 is 5.91 Å². The van der Waals surface area contributed by atoms with Crippen LogP contribution < -0.4 is 14.8 Å². The van der Waals surface area contributed by atoms with Crippen LogP contribution in [0, 0.1) is 13.8 Å². The molecular weight excluding hydrogens is 268 g/mol. The molecule has 0 saturated heterocycles. The van der Waals surface area contributed by atoms with E-state index in [4.69, 9.17) is 9.47 Å². The van der Waals surface area contributed by atoms with E-state index >= 15 is 0 Å². The van der Waals surface area contributed by atoms with E-state index in [9.17, 15) is 4.79 Å². The van der Waals surface area contributed by atoms with Crippen LogP contribution >= 0.6 is 0 Å². The summed E-state index contributed by atoms with van der Waals surface area (Å²) in [5, 5.41) is 2.93. The number of nitrogens with one attached hydrogen (secondary N) is 1. The van der Waals surface area contributed by atoms with Crippen molar-refractivity contribution in [3.8, 4) is 11.5 Å². The molecule has 0 aliphatic carbocycles. The quantitative estimate of drug-likeness (QED) is 0.937. The number of fused-ring (bicyclic) bond motifs is 1. The Morgan fingerprint density at radius 1 is 1.14 bits per heavy atom. The van der Waals surface area contributed by atoms with Gasteiger partial charge in [0.15, 0.2) is 11.5 Å². The summed E-state index contributed by atoms with van der Waals surface area (Å²) in [5.74, 6) is 1.48. The van der Waals surface area contributed by atoms with Gasteiger partial charge in [-0.05, 0) is 43.7 Å². The monoisotopic (exact) mass is 286 g/mol. The van der Waals surface area contributed by atoms with Gasteiger partial charge in [0.2, 0.25) is 12.7 Å². The number of amides is 1. The number of benzene rings is 1. The molecule has 3 rings (SSSR count). The van der Waals surface area contributed by atoms with Crippen LogP contribution in [0.5, 0.6) is 11.5 Å². The highest BCUT2D eigenvalue weighted by molar-refractivity contribution is 5.76. The van der Waals surface area contributed by atoms with Crippen molar-refractivity contribution in [1.29, 1.82) is 0 Å². The van der Waals surface area contributed by atoms with Crippen molar-refractivity contribution in [1.82, 2.24) is 9.88 Å². The summed E-state index contributed by atoms with van der Waals surface area (Å²) in [6.07, 6.45) is 0. The Morgan fingerprint density at radius 3 is 2.62 bits per heavy atom. The van der Waals surface area contributed by atoms with Crippen molar-refractivity contribution in [2.45, 2.75) is 26.9 Å². The molecule has 110 valence electrons. The Labute approximate surface area is 123 Å². The third-order valence-corrected chi connectivity index (χ3v) is 3.65. The lowest BCUT2D eigenvalue weighted by Gasteiger charge is -2.10. The molecule has 5 heteroatoms. The largest absolute Gasteiger partial charge is 0.454 e. The van der Waals surface area contributed by atoms with Gasteiger partial charge in [0.1, 0.15) is 6.54 Å². The van der Waals surface area contributed by atoms with Crippen LogP contribution in [0.15, 0.2) is 30.3 Å². The van der Waals surface area contributed by atoms with Gasteiger partial charge < -0.3 is 19.4 Å². The predicted octanol–water partition coefficient (Wildman–Crippen LogP) is 2.15. The number of aryl methyl sites for hydroxylation is 2. The molecule has 0 atom stereocenters. The van der Waals surface area contributed by atoms with Crippen LogP contribution in [0.25, 0.3) is 0 Å². The molecule has 0 saturated carbocycles. The molecule has 21 heavy (non-hydrogen) atoms. The van der Waals surface area contributed by atoms with E-state index in [1.807, 2.05) is 48.7 Å². The summed E-state index contributed by atoms with van der Waals surface area (Å²) in [4.78, 5) is 12.0. The average Bonchev–Trinajstić information content (AvgIpc) is 3.06. The highest BCUT2D eigenvalue weighted by Gasteiger charge is 2.13. The molecule has 5 nitrogen and oxygen atoms in total. The zero-order valence-electron chi connectivity index (χ0n) is 12.2. The summed E-state index contributed by atoms with van der Waals surface area (Å²) in [7, 11) is 0. The van der Waals surface area contributed by atoms with Crippen molar-refractivity contribution in [3.05, 3.63) is 47.3 Å². The van der Waals surface area contributed by atoms with Crippen LogP contribution in [0.4, 0.5) is 0 Å². The first-order valence-corrected chi connectivity index (χ1v) is 6.91. The number of nitrogens with zero attached hydrogens (tertiary/aromatic N) is 1. The Kier molecular flexibility index (Phi) is 3.56. The lowest BCUT2D eigenvalue weighted by atomic mass is 10.2. The van der Waals surface area contributed by atoms with E-state index in [-0.39, 0.29) is 12.7 Å². The zero-order valence-corrected chi connectivity index (χ0v) is 12.2. The average molecular weight is 286 g/mol. The Morgan fingerprint density at radius 2 is 1.86 bits per heavy atom. The highest BCUT2D eigenvalue weighted by atomic mass is 16.7. The van der Waals surface area contributed by atoms with Crippen molar-refractivity contribution in [2.75, 3.05) is 6.79 Å². The molecule has 0 spiro atoms. The number of hydrogen-bond donors (Lipinski definition) is 1. The fraction of sp³-hybridized carbons (Fsp3) is 0.312. The van der Waals surface area contributed by atoms with E-state index in [1.165, 1.54) is 0 Å². The second kappa shape index (κ2) is 5.52. The number of ether oxygens (including phenoxy) is 2. The van der Waals surface area contributed by atoms with E-state index < -0.39 is 0 Å². The molecule has 2 heterocycles. The summed E-state index contributed by atoms with van der Waals surface area (Å²) in [6, 6.07) is 9.72. The number of carbonyl (C=O) groups is 1. The van der Waals surface area contributed by atoms with Gasteiger partial charge >= 0.3 is 0 Å². The van der Waals surface area contributed by atoms with Crippen molar-refractivity contribution in [3.63, 3.8) is 0 Å². The molecule has 1 aliphatic heterocycles. The molecule has 0 bridgehead atoms. The Hall–Kier alpha value is -2.43. The molecule has 0 radical (unpaired) electrons. The van der Waals surface area contributed by atoms with Gasteiger partial charge in [-0.25, -0.2) is 0 Å². The molecule has 0 fully saturated rings. The normalized spacial score (nSPS) is 12.5. The smallest absolute Gasteiger partial charge is 0.240 e. The maximum absolute atomic E-state index is 12.0. The first-order valence-electron chi connectivity index (χ1n) is 6.91. The second-order valence-electron chi connectivity index (χ2n) is 5.17. The minimum absolute atomic E-state index is 0.00457. The Bertz CT molecular complexity index is 657. The first kappa shape index (κ1) is 13.5. The number of hydrogen-bond acceptors (Lipinski definition) is 3. The fourth-order valence-electron chi connectivity index (χ4n) is 2.40. The van der Waals surface area contributed by atoms with Gasteiger partial charge in [-0.1, -0.05) is 6.07 Å². The first-order chi connectivity index (χ1) is 10.1. The second-order valence-corrected chi connectivity index (χ2v) is 5.17. The molecule has 2 aromatic rings. The molecule has 0 unspecified atom stereocenters. The maximum Gasteiger partial charge on any atom is 0.240 e. The van der Waals surface area contributed by atoms with Crippen LogP contribution in [-0.4, -0.2) is 17.3 Å². The van der Waals surface area contributed by atoms with Crippen LogP contribution in [0.3, 0.4) is 0 Å². The van der Waals surface area contributed by atoms with E-state index in [2.05, 4.69) is 5.32 Å². The molecule has 1 N–H and O–H groups in total. The third kappa shape index (κ3) is 2.86. The maximum atomic E-state index is 12.0. The minimum atomic E-state index is -0.00457. The minimum Gasteiger partial charge on any atom is -0.454 e. The number of rotatable bonds is 4. The van der Waals surface area contributed by atoms with Gasteiger partial charge in [-0.2, -0.15) is 0 Å². The van der Waals surface area contributed by atoms with Crippen LogP contribution in [0.1, 0.15) is 17.0 Å². The SMILES string of the molecule is Cc1ccc(C)n1CC(=O)NCc1ccc2c(c1)OCO2. The summed E-state index contributed by atoms with van der Waals surface area (Å²) < 4.78 is 12.6. The van der Waals surface area contributed by atoms with Crippen molar-refractivity contribution in [2.24, 2.45) is 0 Å². The fourth-order valence-corrected chi connectivity index (χ4v) is 2.40. The number of aromatic nitrogens is 1. The highest BCUT2D eigenvalue weighted by Crippen LogP contribution is 2.32. The van der Waals surface area contributed by atoms with E-state index in [1.54, 1.807) is 0 Å². The van der Waals surface area contributed by atoms with Gasteiger partial charge in [0.25, 0.3) is 0 Å². The molecule has 1 aromatic carbocycles. The third-order valence-electron chi connectivity index (χ3n) is 3.65. The standard InChI is InChI=1S/C16H18N2O3/c1-11-3-4-12(2)18(11)9-16(19)17-8-13-5-6-14-15(7-13)21-10-20-14/h3-7H,8-10H2,1-2H3,(H,17,19). The summed E-state index contributed by atoms with van der Waals surface area (Å²) in [5.41, 5.74) is 3.17. The predicted molar refractivity (Wildman–Crippen MR) is 78.3 cm³/mol. The zero-order chi connectivity index (χ0) is 14.8. The molecule has 1 aromatic heterocycles. The molecular formula is C16H18N2O3. The topological polar surface area (TPSA) is 52.5 Å². The number of carbonyl (C=O) groups excluding carboxylic acids is 1. The summed E-state index contributed by atoms with van der Waals surface area (Å²) in [6.45, 7) is 5.08.